The Morgan fingerprint density at radius 3 is 2.87 bits per heavy atom. The van der Waals surface area contributed by atoms with Crippen LogP contribution in [-0.4, -0.2) is 27.6 Å². The Morgan fingerprint density at radius 1 is 1.39 bits per heavy atom. The van der Waals surface area contributed by atoms with Gasteiger partial charge in [0.25, 0.3) is 0 Å². The zero-order valence-corrected chi connectivity index (χ0v) is 13.1. The molecule has 1 aromatic carbocycles. The predicted octanol–water partition coefficient (Wildman–Crippen LogP) is 1.53. The molecule has 7 heteroatoms. The average Bonchev–Trinajstić information content (AvgIpc) is 3.09. The van der Waals surface area contributed by atoms with Crippen molar-refractivity contribution in [1.29, 1.82) is 0 Å². The van der Waals surface area contributed by atoms with E-state index in [1.807, 2.05) is 38.1 Å². The Balaban J connectivity index is 1.58. The summed E-state index contributed by atoms with van der Waals surface area (Å²) in [6, 6.07) is 6.82. The maximum atomic E-state index is 12.2. The minimum Gasteiger partial charge on any atom is -0.441 e. The number of hydrogen-bond acceptors (Lipinski definition) is 5. The molecular weight excluding hydrogens is 294 g/mol. The van der Waals surface area contributed by atoms with Gasteiger partial charge in [-0.2, -0.15) is 5.10 Å². The number of aryl methyl sites for hydroxylation is 2. The van der Waals surface area contributed by atoms with Gasteiger partial charge >= 0.3 is 0 Å². The van der Waals surface area contributed by atoms with Gasteiger partial charge in [0.05, 0.1) is 5.69 Å². The number of para-hydroxylation sites is 2. The fourth-order valence-electron chi connectivity index (χ4n) is 2.58. The van der Waals surface area contributed by atoms with Crippen molar-refractivity contribution in [2.75, 3.05) is 6.54 Å². The molecule has 7 nitrogen and oxygen atoms in total. The van der Waals surface area contributed by atoms with Gasteiger partial charge in [-0.3, -0.25) is 9.89 Å². The summed E-state index contributed by atoms with van der Waals surface area (Å²) in [6.07, 6.45) is 0.510. The maximum Gasteiger partial charge on any atom is 0.241 e. The van der Waals surface area contributed by atoms with Crippen molar-refractivity contribution >= 4 is 17.0 Å². The second-order valence-electron chi connectivity index (χ2n) is 5.44. The highest BCUT2D eigenvalue weighted by Crippen LogP contribution is 2.18. The third kappa shape index (κ3) is 3.09. The van der Waals surface area contributed by atoms with Gasteiger partial charge in [0.2, 0.25) is 5.91 Å². The number of oxazole rings is 1. The topological polar surface area (TPSA) is 110 Å². The van der Waals surface area contributed by atoms with Crippen molar-refractivity contribution in [2.24, 2.45) is 5.73 Å². The molecule has 0 unspecified atom stereocenters. The number of carbonyl (C=O) groups excluding carboxylic acids is 1. The predicted molar refractivity (Wildman–Crippen MR) is 85.7 cm³/mol. The van der Waals surface area contributed by atoms with E-state index in [-0.39, 0.29) is 5.91 Å². The quantitative estimate of drug-likeness (QED) is 0.661. The first-order valence-corrected chi connectivity index (χ1v) is 7.45. The lowest BCUT2D eigenvalue weighted by molar-refractivity contribution is -0.122. The smallest absolute Gasteiger partial charge is 0.241 e. The molecule has 4 N–H and O–H groups in total. The summed E-state index contributed by atoms with van der Waals surface area (Å²) < 4.78 is 5.61. The second-order valence-corrected chi connectivity index (χ2v) is 5.44. The van der Waals surface area contributed by atoms with E-state index >= 15 is 0 Å². The first kappa shape index (κ1) is 15.2. The first-order valence-electron chi connectivity index (χ1n) is 7.45. The molecule has 1 amide bonds. The second kappa shape index (κ2) is 6.21. The number of rotatable bonds is 5. The number of amides is 1. The zero-order valence-electron chi connectivity index (χ0n) is 13.1. The number of hydrogen-bond donors (Lipinski definition) is 3. The van der Waals surface area contributed by atoms with Crippen LogP contribution in [0.5, 0.6) is 0 Å². The Hall–Kier alpha value is -2.67. The summed E-state index contributed by atoms with van der Waals surface area (Å²) in [6.45, 7) is 4.08. The molecule has 0 spiro atoms. The van der Waals surface area contributed by atoms with Crippen molar-refractivity contribution in [3.05, 3.63) is 47.1 Å². The van der Waals surface area contributed by atoms with Crippen molar-refractivity contribution in [3.8, 4) is 0 Å². The van der Waals surface area contributed by atoms with Crippen LogP contribution >= 0.6 is 0 Å². The Morgan fingerprint density at radius 2 is 2.17 bits per heavy atom. The summed E-state index contributed by atoms with van der Waals surface area (Å²) in [7, 11) is 0. The Bertz CT molecular complexity index is 783. The van der Waals surface area contributed by atoms with Gasteiger partial charge in [-0.15, -0.1) is 0 Å². The number of fused-ring (bicyclic) bond motifs is 1. The van der Waals surface area contributed by atoms with E-state index in [1.54, 1.807) is 0 Å². The van der Waals surface area contributed by atoms with Crippen molar-refractivity contribution in [2.45, 2.75) is 26.3 Å². The largest absolute Gasteiger partial charge is 0.441 e. The van der Waals surface area contributed by atoms with Crippen LogP contribution in [0.3, 0.4) is 0 Å². The van der Waals surface area contributed by atoms with E-state index in [4.69, 9.17) is 10.2 Å². The molecule has 0 fully saturated rings. The Kier molecular flexibility index (Phi) is 4.12. The van der Waals surface area contributed by atoms with E-state index in [1.165, 1.54) is 0 Å². The number of benzene rings is 1. The molecule has 0 bridgehead atoms. The van der Waals surface area contributed by atoms with Crippen LogP contribution in [0.25, 0.3) is 11.1 Å². The minimum atomic E-state index is -0.739. The number of nitrogens with two attached hydrogens (primary N) is 1. The molecule has 23 heavy (non-hydrogen) atoms. The number of aromatic nitrogens is 3. The molecule has 0 saturated heterocycles. The Labute approximate surface area is 133 Å². The van der Waals surface area contributed by atoms with Crippen LogP contribution in [0, 0.1) is 13.8 Å². The molecule has 2 heterocycles. The summed E-state index contributed by atoms with van der Waals surface area (Å²) in [5, 5.41) is 9.71. The van der Waals surface area contributed by atoms with Crippen LogP contribution in [0.2, 0.25) is 0 Å². The first-order chi connectivity index (χ1) is 11.1. The van der Waals surface area contributed by atoms with Gasteiger partial charge in [-0.1, -0.05) is 12.1 Å². The third-order valence-corrected chi connectivity index (χ3v) is 3.75. The molecule has 2 aromatic heterocycles. The fraction of sp³-hybridized carbons (Fsp3) is 0.312. The van der Waals surface area contributed by atoms with Crippen LogP contribution < -0.4 is 11.1 Å². The summed E-state index contributed by atoms with van der Waals surface area (Å²) >= 11 is 0. The standard InChI is InChI=1S/C16H19N5O2/c1-9-14(10(2)21-20-9)15(17)16(22)18-8-7-13-19-11-5-3-4-6-12(11)23-13/h3-6,15H,7-8,17H2,1-2H3,(H,18,22)(H,20,21)/t15-/m0/s1. The summed E-state index contributed by atoms with van der Waals surface area (Å²) in [4.78, 5) is 16.5. The third-order valence-electron chi connectivity index (χ3n) is 3.75. The SMILES string of the molecule is Cc1n[nH]c(C)c1[C@H](N)C(=O)NCCc1nc2ccccc2o1. The molecule has 0 radical (unpaired) electrons. The molecule has 3 aromatic rings. The highest BCUT2D eigenvalue weighted by Gasteiger charge is 2.21. The molecule has 1 atom stereocenters. The van der Waals surface area contributed by atoms with E-state index in [0.29, 0.717) is 18.9 Å². The highest BCUT2D eigenvalue weighted by molar-refractivity contribution is 5.83. The van der Waals surface area contributed by atoms with Crippen molar-refractivity contribution in [3.63, 3.8) is 0 Å². The number of aromatic amines is 1. The lowest BCUT2D eigenvalue weighted by Gasteiger charge is -2.12. The van der Waals surface area contributed by atoms with Crippen LogP contribution in [0.15, 0.2) is 28.7 Å². The molecule has 120 valence electrons. The monoisotopic (exact) mass is 313 g/mol. The van der Waals surface area contributed by atoms with Crippen LogP contribution in [-0.2, 0) is 11.2 Å². The summed E-state index contributed by atoms with van der Waals surface area (Å²) in [5.41, 5.74) is 9.86. The van der Waals surface area contributed by atoms with Gasteiger partial charge in [0, 0.05) is 24.2 Å². The molecule has 0 saturated carbocycles. The van der Waals surface area contributed by atoms with Gasteiger partial charge in [0.15, 0.2) is 11.5 Å². The molecule has 3 rings (SSSR count). The van der Waals surface area contributed by atoms with Gasteiger partial charge in [-0.25, -0.2) is 4.98 Å². The van der Waals surface area contributed by atoms with Gasteiger partial charge in [0.1, 0.15) is 11.6 Å². The van der Waals surface area contributed by atoms with E-state index in [0.717, 1.165) is 28.1 Å². The van der Waals surface area contributed by atoms with Crippen molar-refractivity contribution in [1.82, 2.24) is 20.5 Å². The van der Waals surface area contributed by atoms with Crippen LogP contribution in [0.4, 0.5) is 0 Å². The molecule has 0 aliphatic carbocycles. The molecule has 0 aliphatic rings. The number of nitrogens with zero attached hydrogens (tertiary/aromatic N) is 2. The van der Waals surface area contributed by atoms with Gasteiger partial charge < -0.3 is 15.5 Å². The molecular formula is C16H19N5O2. The summed E-state index contributed by atoms with van der Waals surface area (Å²) in [5.74, 6) is 0.351. The van der Waals surface area contributed by atoms with Crippen molar-refractivity contribution < 1.29 is 9.21 Å². The molecule has 0 aliphatic heterocycles. The van der Waals surface area contributed by atoms with Crippen LogP contribution in [0.1, 0.15) is 28.9 Å². The lowest BCUT2D eigenvalue weighted by Crippen LogP contribution is -2.35. The van der Waals surface area contributed by atoms with E-state index in [9.17, 15) is 4.79 Å². The highest BCUT2D eigenvalue weighted by atomic mass is 16.3. The van der Waals surface area contributed by atoms with Gasteiger partial charge in [-0.05, 0) is 26.0 Å². The lowest BCUT2D eigenvalue weighted by atomic mass is 10.1. The number of nitrogens with one attached hydrogen (secondary N) is 2. The minimum absolute atomic E-state index is 0.242. The zero-order chi connectivity index (χ0) is 16.4. The fourth-order valence-corrected chi connectivity index (χ4v) is 2.58. The number of H-pyrrole nitrogens is 1. The maximum absolute atomic E-state index is 12.2. The average molecular weight is 313 g/mol. The van der Waals surface area contributed by atoms with E-state index in [2.05, 4.69) is 20.5 Å². The number of carbonyl (C=O) groups is 1. The van der Waals surface area contributed by atoms with E-state index < -0.39 is 6.04 Å². The normalized spacial score (nSPS) is 12.5.